The minimum absolute atomic E-state index is 0.134. The molecule has 2 aromatic carbocycles. The first kappa shape index (κ1) is 21.9. The van der Waals surface area contributed by atoms with E-state index in [-0.39, 0.29) is 23.6 Å². The van der Waals surface area contributed by atoms with Gasteiger partial charge in [0, 0.05) is 31.3 Å². The third-order valence-electron chi connectivity index (χ3n) is 6.06. The molecule has 0 aliphatic carbocycles. The molecular weight excluding hydrogens is 436 g/mol. The molecule has 172 valence electrons. The molecule has 4 aromatic rings. The van der Waals surface area contributed by atoms with Crippen LogP contribution >= 0.6 is 0 Å². The molecule has 1 amide bonds. The third-order valence-corrected chi connectivity index (χ3v) is 6.06. The minimum Gasteiger partial charge on any atom is -0.443 e. The van der Waals surface area contributed by atoms with E-state index in [2.05, 4.69) is 9.97 Å². The number of rotatable bonds is 6. The Morgan fingerprint density at radius 3 is 2.56 bits per heavy atom. The maximum atomic E-state index is 13.9. The van der Waals surface area contributed by atoms with Gasteiger partial charge in [0.2, 0.25) is 5.89 Å². The average Bonchev–Trinajstić information content (AvgIpc) is 3.52. The van der Waals surface area contributed by atoms with E-state index < -0.39 is 0 Å². The standard InChI is InChI=1S/C27H23F2N3O2/c28-21-10-7-18(8-11-21)14-23-17-31-26(34-23)25-6-3-13-32(25)27(33)20-9-12-22(30-16-20)15-19-4-1-2-5-24(19)29/h1-2,4-5,7-12,16-17,25H,3,6,13-15H2/t25-/m1/s1. The highest BCUT2D eigenvalue weighted by Crippen LogP contribution is 2.33. The number of benzene rings is 2. The molecule has 1 aliphatic rings. The number of oxazole rings is 1. The highest BCUT2D eigenvalue weighted by molar-refractivity contribution is 5.94. The zero-order valence-electron chi connectivity index (χ0n) is 18.5. The van der Waals surface area contributed by atoms with Crippen molar-refractivity contribution in [2.75, 3.05) is 6.54 Å². The van der Waals surface area contributed by atoms with Crippen LogP contribution in [0.15, 0.2) is 77.5 Å². The second-order valence-corrected chi connectivity index (χ2v) is 8.43. The van der Waals surface area contributed by atoms with Crippen LogP contribution in [-0.2, 0) is 12.8 Å². The van der Waals surface area contributed by atoms with E-state index in [9.17, 15) is 13.6 Å². The van der Waals surface area contributed by atoms with Gasteiger partial charge in [-0.15, -0.1) is 0 Å². The quantitative estimate of drug-likeness (QED) is 0.382. The van der Waals surface area contributed by atoms with Crippen molar-refractivity contribution < 1.29 is 18.0 Å². The molecule has 0 radical (unpaired) electrons. The lowest BCUT2D eigenvalue weighted by molar-refractivity contribution is 0.0714. The molecule has 0 spiro atoms. The summed E-state index contributed by atoms with van der Waals surface area (Å²) >= 11 is 0. The molecular formula is C27H23F2N3O2. The fourth-order valence-corrected chi connectivity index (χ4v) is 4.29. The third kappa shape index (κ3) is 4.73. The van der Waals surface area contributed by atoms with E-state index in [0.717, 1.165) is 18.4 Å². The fraction of sp³-hybridized carbons (Fsp3) is 0.222. The van der Waals surface area contributed by atoms with Crippen LogP contribution < -0.4 is 0 Å². The van der Waals surface area contributed by atoms with Crippen LogP contribution in [0, 0.1) is 11.6 Å². The summed E-state index contributed by atoms with van der Waals surface area (Å²) in [6, 6.07) is 16.1. The number of nitrogens with zero attached hydrogens (tertiary/aromatic N) is 3. The molecule has 3 heterocycles. The maximum absolute atomic E-state index is 13.9. The van der Waals surface area contributed by atoms with Crippen LogP contribution in [0.3, 0.4) is 0 Å². The Balaban J connectivity index is 1.27. The van der Waals surface area contributed by atoms with Gasteiger partial charge in [-0.3, -0.25) is 9.78 Å². The fourth-order valence-electron chi connectivity index (χ4n) is 4.29. The van der Waals surface area contributed by atoms with Crippen LogP contribution in [0.5, 0.6) is 0 Å². The predicted molar refractivity (Wildman–Crippen MR) is 122 cm³/mol. The van der Waals surface area contributed by atoms with Crippen molar-refractivity contribution >= 4 is 5.91 Å². The van der Waals surface area contributed by atoms with Crippen molar-refractivity contribution in [2.24, 2.45) is 0 Å². The minimum atomic E-state index is -0.281. The summed E-state index contributed by atoms with van der Waals surface area (Å²) in [5.41, 5.74) is 2.65. The molecule has 1 aliphatic heterocycles. The van der Waals surface area contributed by atoms with E-state index in [4.69, 9.17) is 4.42 Å². The number of hydrogen-bond donors (Lipinski definition) is 0. The predicted octanol–water partition coefficient (Wildman–Crippen LogP) is 5.51. The molecule has 0 unspecified atom stereocenters. The van der Waals surface area contributed by atoms with Crippen molar-refractivity contribution in [1.82, 2.24) is 14.9 Å². The van der Waals surface area contributed by atoms with Gasteiger partial charge in [0.05, 0.1) is 11.8 Å². The average molecular weight is 459 g/mol. The lowest BCUT2D eigenvalue weighted by Gasteiger charge is -2.22. The molecule has 0 N–H and O–H groups in total. The molecule has 34 heavy (non-hydrogen) atoms. The number of amides is 1. The van der Waals surface area contributed by atoms with E-state index in [0.29, 0.717) is 47.9 Å². The van der Waals surface area contributed by atoms with Gasteiger partial charge in [-0.2, -0.15) is 0 Å². The Bertz CT molecular complexity index is 1290. The lowest BCUT2D eigenvalue weighted by Crippen LogP contribution is -2.30. The molecule has 0 bridgehead atoms. The highest BCUT2D eigenvalue weighted by atomic mass is 19.1. The SMILES string of the molecule is O=C(c1ccc(Cc2ccccc2F)nc1)N1CCC[C@@H]1c1ncc(Cc2ccc(F)cc2)o1. The molecule has 1 fully saturated rings. The van der Waals surface area contributed by atoms with E-state index in [1.54, 1.807) is 59.8 Å². The van der Waals surface area contributed by atoms with Gasteiger partial charge >= 0.3 is 0 Å². The van der Waals surface area contributed by atoms with Gasteiger partial charge < -0.3 is 9.32 Å². The van der Waals surface area contributed by atoms with Crippen molar-refractivity contribution in [3.05, 3.63) is 119 Å². The summed E-state index contributed by atoms with van der Waals surface area (Å²) in [5, 5.41) is 0. The molecule has 1 atom stereocenters. The van der Waals surface area contributed by atoms with E-state index >= 15 is 0 Å². The molecule has 2 aromatic heterocycles. The van der Waals surface area contributed by atoms with Crippen molar-refractivity contribution in [3.8, 4) is 0 Å². The lowest BCUT2D eigenvalue weighted by atomic mass is 10.1. The van der Waals surface area contributed by atoms with Crippen LogP contribution in [0.25, 0.3) is 0 Å². The summed E-state index contributed by atoms with van der Waals surface area (Å²) in [5.74, 6) is 0.490. The topological polar surface area (TPSA) is 59.2 Å². The number of hydrogen-bond acceptors (Lipinski definition) is 4. The molecule has 1 saturated heterocycles. The normalized spacial score (nSPS) is 15.6. The van der Waals surface area contributed by atoms with E-state index in [1.165, 1.54) is 18.2 Å². The first-order valence-corrected chi connectivity index (χ1v) is 11.2. The van der Waals surface area contributed by atoms with Gasteiger partial charge in [-0.25, -0.2) is 13.8 Å². The number of aromatic nitrogens is 2. The van der Waals surface area contributed by atoms with Gasteiger partial charge in [0.15, 0.2) is 0 Å². The molecule has 5 nitrogen and oxygen atoms in total. The van der Waals surface area contributed by atoms with Crippen LogP contribution in [0.1, 0.15) is 57.7 Å². The highest BCUT2D eigenvalue weighted by Gasteiger charge is 2.34. The smallest absolute Gasteiger partial charge is 0.256 e. The van der Waals surface area contributed by atoms with Crippen molar-refractivity contribution in [1.29, 1.82) is 0 Å². The number of halogens is 2. The Hall–Kier alpha value is -3.87. The summed E-state index contributed by atoms with van der Waals surface area (Å²) in [4.78, 5) is 23.8. The maximum Gasteiger partial charge on any atom is 0.256 e. The number of carbonyl (C=O) groups excluding carboxylic acids is 1. The van der Waals surface area contributed by atoms with E-state index in [1.807, 2.05) is 0 Å². The van der Waals surface area contributed by atoms with Crippen molar-refractivity contribution in [2.45, 2.75) is 31.7 Å². The first-order valence-electron chi connectivity index (χ1n) is 11.2. The molecule has 7 heteroatoms. The number of carbonyl (C=O) groups is 1. The van der Waals surface area contributed by atoms with Gasteiger partial charge in [-0.05, 0) is 54.3 Å². The van der Waals surface area contributed by atoms with Crippen LogP contribution in [0.2, 0.25) is 0 Å². The first-order chi connectivity index (χ1) is 16.6. The zero-order valence-corrected chi connectivity index (χ0v) is 18.5. The Morgan fingerprint density at radius 2 is 1.79 bits per heavy atom. The second-order valence-electron chi connectivity index (χ2n) is 8.43. The zero-order chi connectivity index (χ0) is 23.5. The Morgan fingerprint density at radius 1 is 0.971 bits per heavy atom. The number of likely N-dealkylation sites (tertiary alicyclic amines) is 1. The van der Waals surface area contributed by atoms with Crippen molar-refractivity contribution in [3.63, 3.8) is 0 Å². The Kier molecular flexibility index (Phi) is 6.16. The summed E-state index contributed by atoms with van der Waals surface area (Å²) in [6.07, 6.45) is 5.69. The summed E-state index contributed by atoms with van der Waals surface area (Å²) < 4.78 is 33.0. The van der Waals surface area contributed by atoms with Crippen LogP contribution in [-0.4, -0.2) is 27.3 Å². The monoisotopic (exact) mass is 459 g/mol. The largest absolute Gasteiger partial charge is 0.443 e. The van der Waals surface area contributed by atoms with Gasteiger partial charge in [-0.1, -0.05) is 30.3 Å². The summed E-state index contributed by atoms with van der Waals surface area (Å²) in [7, 11) is 0. The van der Waals surface area contributed by atoms with Crippen LogP contribution in [0.4, 0.5) is 8.78 Å². The summed E-state index contributed by atoms with van der Waals surface area (Å²) in [6.45, 7) is 0.607. The molecule has 0 saturated carbocycles. The number of pyridine rings is 1. The Labute approximate surface area is 196 Å². The molecule has 5 rings (SSSR count). The van der Waals surface area contributed by atoms with Gasteiger partial charge in [0.25, 0.3) is 5.91 Å². The van der Waals surface area contributed by atoms with Gasteiger partial charge in [0.1, 0.15) is 23.4 Å². The second kappa shape index (κ2) is 9.55.